The molecule has 0 bridgehead atoms. The molecule has 3 aromatic heterocycles. The second-order valence-corrected chi connectivity index (χ2v) is 7.38. The van der Waals surface area contributed by atoms with Gasteiger partial charge in [-0.25, -0.2) is 9.37 Å². The maximum Gasteiger partial charge on any atom is 0.262 e. The molecule has 8 heteroatoms. The Balaban J connectivity index is 1.75. The molecule has 4 aromatic rings. The lowest BCUT2D eigenvalue weighted by Crippen LogP contribution is -2.12. The summed E-state index contributed by atoms with van der Waals surface area (Å²) in [5, 5.41) is 0.720. The number of hydrogen-bond donors (Lipinski definition) is 1. The van der Waals surface area contributed by atoms with Crippen LogP contribution in [0.5, 0.6) is 5.75 Å². The molecule has 3 heterocycles. The molecule has 28 heavy (non-hydrogen) atoms. The number of thiophene rings is 1. The summed E-state index contributed by atoms with van der Waals surface area (Å²) < 4.78 is 21.8. The molecular weight excluding hydrogens is 379 g/mol. The van der Waals surface area contributed by atoms with Gasteiger partial charge in [0.2, 0.25) is 0 Å². The monoisotopic (exact) mass is 396 g/mol. The number of nitrogens with zero attached hydrogens (tertiary/aromatic N) is 3. The quantitative estimate of drug-likeness (QED) is 0.549. The molecule has 0 saturated heterocycles. The van der Waals surface area contributed by atoms with Crippen molar-refractivity contribution in [1.29, 1.82) is 0 Å². The fourth-order valence-corrected chi connectivity index (χ4v) is 3.91. The van der Waals surface area contributed by atoms with Gasteiger partial charge in [0.05, 0.1) is 11.7 Å². The molecule has 6 nitrogen and oxygen atoms in total. The van der Waals surface area contributed by atoms with E-state index in [0.29, 0.717) is 11.3 Å². The van der Waals surface area contributed by atoms with Crippen LogP contribution < -0.4 is 10.5 Å². The number of aryl methyl sites for hydroxylation is 1. The Hall–Kier alpha value is -3.26. The predicted octanol–water partition coefficient (Wildman–Crippen LogP) is 4.17. The summed E-state index contributed by atoms with van der Waals surface area (Å²) in [5.74, 6) is -0.653. The highest BCUT2D eigenvalue weighted by Crippen LogP contribution is 2.36. The second-order valence-electron chi connectivity index (χ2n) is 6.35. The Kier molecular flexibility index (Phi) is 4.56. The Morgan fingerprint density at radius 1 is 1.29 bits per heavy atom. The largest absolute Gasteiger partial charge is 0.484 e. The van der Waals surface area contributed by atoms with Crippen LogP contribution in [0.2, 0.25) is 0 Å². The van der Waals surface area contributed by atoms with Gasteiger partial charge in [0.25, 0.3) is 5.91 Å². The zero-order valence-electron chi connectivity index (χ0n) is 15.2. The Bertz CT molecular complexity index is 1180. The van der Waals surface area contributed by atoms with E-state index in [4.69, 9.17) is 10.5 Å². The number of nitrogens with two attached hydrogens (primary N) is 1. The zero-order chi connectivity index (χ0) is 19.8. The minimum absolute atomic E-state index is 0.269. The molecule has 0 aliphatic heterocycles. The van der Waals surface area contributed by atoms with Crippen molar-refractivity contribution in [3.63, 3.8) is 0 Å². The molecule has 1 amide bonds. The number of amides is 1. The van der Waals surface area contributed by atoms with Gasteiger partial charge in [-0.05, 0) is 26.0 Å². The summed E-state index contributed by atoms with van der Waals surface area (Å²) in [5.41, 5.74) is 8.40. The van der Waals surface area contributed by atoms with E-state index in [9.17, 15) is 9.18 Å². The number of carbonyl (C=O) groups is 1. The number of carbonyl (C=O) groups excluding carboxylic acids is 1. The summed E-state index contributed by atoms with van der Waals surface area (Å²) in [7, 11) is 0. The standard InChI is InChI=1S/C20H17FN4O2S/c1-11-7-16-15(9-23-11)24-10-25(16)18-8-17(19(28-18)20(22)26)27-12(2)13-5-3-4-6-14(13)21/h3-10,12H,1-2H3,(H2,22,26)/t12-/m1/s1. The normalized spacial score (nSPS) is 12.2. The van der Waals surface area contributed by atoms with Crippen LogP contribution in [0, 0.1) is 12.7 Å². The smallest absolute Gasteiger partial charge is 0.262 e. The fraction of sp³-hybridized carbons (Fsp3) is 0.150. The number of pyridine rings is 1. The third-order valence-electron chi connectivity index (χ3n) is 4.36. The number of rotatable bonds is 5. The number of benzene rings is 1. The minimum atomic E-state index is -0.603. The maximum absolute atomic E-state index is 14.1. The van der Waals surface area contributed by atoms with Crippen LogP contribution in [0.1, 0.15) is 34.0 Å². The van der Waals surface area contributed by atoms with E-state index in [1.54, 1.807) is 43.7 Å². The highest BCUT2D eigenvalue weighted by Gasteiger charge is 2.21. The van der Waals surface area contributed by atoms with Crippen molar-refractivity contribution in [1.82, 2.24) is 14.5 Å². The van der Waals surface area contributed by atoms with Crippen molar-refractivity contribution in [2.24, 2.45) is 5.73 Å². The van der Waals surface area contributed by atoms with E-state index >= 15 is 0 Å². The molecule has 0 fully saturated rings. The van der Waals surface area contributed by atoms with E-state index in [2.05, 4.69) is 9.97 Å². The summed E-state index contributed by atoms with van der Waals surface area (Å²) >= 11 is 1.20. The first-order valence-corrected chi connectivity index (χ1v) is 9.40. The maximum atomic E-state index is 14.1. The predicted molar refractivity (Wildman–Crippen MR) is 105 cm³/mol. The van der Waals surface area contributed by atoms with Crippen LogP contribution >= 0.6 is 11.3 Å². The van der Waals surface area contributed by atoms with Gasteiger partial charge in [-0.1, -0.05) is 18.2 Å². The van der Waals surface area contributed by atoms with E-state index in [1.165, 1.54) is 17.4 Å². The number of halogens is 1. The first-order chi connectivity index (χ1) is 13.4. The van der Waals surface area contributed by atoms with Crippen molar-refractivity contribution in [2.45, 2.75) is 20.0 Å². The van der Waals surface area contributed by atoms with Gasteiger partial charge in [0.15, 0.2) is 0 Å². The van der Waals surface area contributed by atoms with E-state index in [1.807, 2.05) is 17.6 Å². The zero-order valence-corrected chi connectivity index (χ0v) is 16.0. The highest BCUT2D eigenvalue weighted by atomic mass is 32.1. The molecular formula is C20H17FN4O2S. The van der Waals surface area contributed by atoms with E-state index in [0.717, 1.165) is 21.7 Å². The van der Waals surface area contributed by atoms with Gasteiger partial charge >= 0.3 is 0 Å². The van der Waals surface area contributed by atoms with Gasteiger partial charge in [-0.3, -0.25) is 14.3 Å². The number of fused-ring (bicyclic) bond motifs is 1. The molecule has 0 aliphatic rings. The lowest BCUT2D eigenvalue weighted by Gasteiger charge is -2.15. The molecule has 0 saturated carbocycles. The molecule has 0 radical (unpaired) electrons. The molecule has 1 aromatic carbocycles. The summed E-state index contributed by atoms with van der Waals surface area (Å²) in [6.45, 7) is 3.62. The Labute approximate surface area is 164 Å². The number of aromatic nitrogens is 3. The van der Waals surface area contributed by atoms with Crippen molar-refractivity contribution in [2.75, 3.05) is 0 Å². The van der Waals surface area contributed by atoms with Crippen LogP contribution in [-0.2, 0) is 0 Å². The van der Waals surface area contributed by atoms with Crippen molar-refractivity contribution in [3.8, 4) is 10.8 Å². The third-order valence-corrected chi connectivity index (χ3v) is 5.49. The summed E-state index contributed by atoms with van der Waals surface area (Å²) in [6, 6.07) is 10.0. The molecule has 142 valence electrons. The van der Waals surface area contributed by atoms with Gasteiger partial charge in [-0.2, -0.15) is 0 Å². The first-order valence-electron chi connectivity index (χ1n) is 8.59. The lowest BCUT2D eigenvalue weighted by molar-refractivity contribution is 0.0998. The highest BCUT2D eigenvalue weighted by molar-refractivity contribution is 7.16. The van der Waals surface area contributed by atoms with Crippen molar-refractivity contribution >= 4 is 28.3 Å². The SMILES string of the molecule is Cc1cc2c(cn1)ncn2-c1cc(O[C@H](C)c2ccccc2F)c(C(N)=O)s1. The third kappa shape index (κ3) is 3.22. The van der Waals surface area contributed by atoms with Crippen molar-refractivity contribution < 1.29 is 13.9 Å². The topological polar surface area (TPSA) is 83.0 Å². The number of imidazole rings is 1. The average molecular weight is 396 g/mol. The molecule has 0 unspecified atom stereocenters. The van der Waals surface area contributed by atoms with E-state index < -0.39 is 12.0 Å². The van der Waals surface area contributed by atoms with Crippen LogP contribution in [0.15, 0.2) is 48.9 Å². The Morgan fingerprint density at radius 3 is 2.82 bits per heavy atom. The molecule has 0 spiro atoms. The second kappa shape index (κ2) is 7.05. The van der Waals surface area contributed by atoms with Gasteiger partial charge in [0.1, 0.15) is 39.4 Å². The number of hydrogen-bond acceptors (Lipinski definition) is 5. The van der Waals surface area contributed by atoms with Crippen LogP contribution in [0.3, 0.4) is 0 Å². The van der Waals surface area contributed by atoms with Crippen molar-refractivity contribution in [3.05, 3.63) is 70.9 Å². The minimum Gasteiger partial charge on any atom is -0.484 e. The molecule has 4 rings (SSSR count). The van der Waals surface area contributed by atoms with Gasteiger partial charge in [0, 0.05) is 17.3 Å². The van der Waals surface area contributed by atoms with Crippen LogP contribution in [0.25, 0.3) is 16.0 Å². The fourth-order valence-electron chi connectivity index (χ4n) is 2.99. The number of ether oxygens (including phenoxy) is 1. The average Bonchev–Trinajstić information content (AvgIpc) is 3.25. The molecule has 1 atom stereocenters. The summed E-state index contributed by atoms with van der Waals surface area (Å²) in [4.78, 5) is 20.8. The van der Waals surface area contributed by atoms with Gasteiger partial charge < -0.3 is 10.5 Å². The van der Waals surface area contributed by atoms with E-state index in [-0.39, 0.29) is 10.7 Å². The molecule has 2 N–H and O–H groups in total. The van der Waals surface area contributed by atoms with Crippen LogP contribution in [-0.4, -0.2) is 20.4 Å². The molecule has 0 aliphatic carbocycles. The van der Waals surface area contributed by atoms with Crippen LogP contribution in [0.4, 0.5) is 4.39 Å². The Morgan fingerprint density at radius 2 is 2.07 bits per heavy atom. The summed E-state index contributed by atoms with van der Waals surface area (Å²) in [6.07, 6.45) is 2.76. The first kappa shape index (κ1) is 18.1. The lowest BCUT2D eigenvalue weighted by atomic mass is 10.1. The number of primary amides is 1. The van der Waals surface area contributed by atoms with Gasteiger partial charge in [-0.15, -0.1) is 11.3 Å².